The van der Waals surface area contributed by atoms with E-state index in [2.05, 4.69) is 26.0 Å². The number of rotatable bonds is 7. The zero-order chi connectivity index (χ0) is 16.0. The van der Waals surface area contributed by atoms with Crippen LogP contribution in [0, 0.1) is 6.92 Å². The molecule has 0 spiro atoms. The fourth-order valence-electron chi connectivity index (χ4n) is 1.79. The molecule has 0 aliphatic heterocycles. The number of benzene rings is 1. The molecule has 0 fully saturated rings. The molecule has 1 rings (SSSR count). The van der Waals surface area contributed by atoms with Crippen LogP contribution in [0.1, 0.15) is 25.3 Å². The van der Waals surface area contributed by atoms with Gasteiger partial charge in [-0.15, -0.1) is 12.4 Å². The topological polar surface area (TPSA) is 101 Å². The summed E-state index contributed by atoms with van der Waals surface area (Å²) in [7, 11) is -3.57. The lowest BCUT2D eigenvalue weighted by atomic mass is 10.2. The standard InChI is InChI=1S/C13H20BrN3O3S.ClH/c1-9-7-12(17-10(2)18)11(14)8-13(9)21(19,20)16-6-4-3-5-15;/h7-8,16H,3-6,15H2,1-2H3,(H,17,18);1H. The molecule has 1 aromatic carbocycles. The molecule has 1 aromatic rings. The average molecular weight is 415 g/mol. The lowest BCUT2D eigenvalue weighted by Crippen LogP contribution is -2.26. The van der Waals surface area contributed by atoms with Crippen LogP contribution in [0.25, 0.3) is 0 Å². The Morgan fingerprint density at radius 1 is 1.32 bits per heavy atom. The highest BCUT2D eigenvalue weighted by molar-refractivity contribution is 9.10. The van der Waals surface area contributed by atoms with Gasteiger partial charge in [-0.1, -0.05) is 0 Å². The highest BCUT2D eigenvalue weighted by Gasteiger charge is 2.18. The van der Waals surface area contributed by atoms with Gasteiger partial charge in [0.05, 0.1) is 10.6 Å². The SMILES string of the molecule is CC(=O)Nc1cc(C)c(S(=O)(=O)NCCCCN)cc1Br.Cl. The molecular formula is C13H21BrClN3O3S. The molecule has 0 saturated heterocycles. The van der Waals surface area contributed by atoms with Crippen LogP contribution in [-0.2, 0) is 14.8 Å². The summed E-state index contributed by atoms with van der Waals surface area (Å²) >= 11 is 3.27. The number of halogens is 2. The van der Waals surface area contributed by atoms with E-state index in [4.69, 9.17) is 5.73 Å². The minimum atomic E-state index is -3.57. The Kier molecular flexibility index (Phi) is 9.18. The molecule has 0 radical (unpaired) electrons. The van der Waals surface area contributed by atoms with E-state index in [-0.39, 0.29) is 23.2 Å². The highest BCUT2D eigenvalue weighted by Crippen LogP contribution is 2.28. The molecule has 4 N–H and O–H groups in total. The number of carbonyl (C=O) groups is 1. The predicted molar refractivity (Wildman–Crippen MR) is 93.9 cm³/mol. The lowest BCUT2D eigenvalue weighted by Gasteiger charge is -2.13. The predicted octanol–water partition coefficient (Wildman–Crippen LogP) is 2.15. The van der Waals surface area contributed by atoms with Crippen molar-refractivity contribution in [2.45, 2.75) is 31.6 Å². The minimum absolute atomic E-state index is 0. The van der Waals surface area contributed by atoms with E-state index in [1.54, 1.807) is 13.0 Å². The zero-order valence-corrected chi connectivity index (χ0v) is 15.7. The molecule has 0 heterocycles. The van der Waals surface area contributed by atoms with Gasteiger partial charge < -0.3 is 11.1 Å². The van der Waals surface area contributed by atoms with E-state index in [1.807, 2.05) is 0 Å². The van der Waals surface area contributed by atoms with Gasteiger partial charge in [0.1, 0.15) is 0 Å². The Bertz CT molecular complexity index is 623. The Hall–Kier alpha value is -0.670. The van der Waals surface area contributed by atoms with Gasteiger partial charge in [-0.3, -0.25) is 4.79 Å². The number of sulfonamides is 1. The maximum Gasteiger partial charge on any atom is 0.240 e. The summed E-state index contributed by atoms with van der Waals surface area (Å²) < 4.78 is 27.6. The van der Waals surface area contributed by atoms with Crippen LogP contribution in [0.15, 0.2) is 21.5 Å². The third kappa shape index (κ3) is 6.21. The Morgan fingerprint density at radius 3 is 2.50 bits per heavy atom. The van der Waals surface area contributed by atoms with Crippen LogP contribution in [-0.4, -0.2) is 27.4 Å². The van der Waals surface area contributed by atoms with Gasteiger partial charge in [-0.05, 0) is 59.9 Å². The molecule has 126 valence electrons. The number of nitrogens with one attached hydrogen (secondary N) is 2. The van der Waals surface area contributed by atoms with E-state index < -0.39 is 10.0 Å². The van der Waals surface area contributed by atoms with Crippen LogP contribution in [0.2, 0.25) is 0 Å². The highest BCUT2D eigenvalue weighted by atomic mass is 79.9. The Labute approximate surface area is 145 Å². The zero-order valence-electron chi connectivity index (χ0n) is 12.5. The first kappa shape index (κ1) is 21.3. The smallest absolute Gasteiger partial charge is 0.240 e. The second-order valence-corrected chi connectivity index (χ2v) is 7.26. The number of nitrogens with two attached hydrogens (primary N) is 1. The second kappa shape index (κ2) is 9.46. The molecular weight excluding hydrogens is 394 g/mol. The summed E-state index contributed by atoms with van der Waals surface area (Å²) in [4.78, 5) is 11.3. The van der Waals surface area contributed by atoms with Crippen molar-refractivity contribution in [3.05, 3.63) is 22.2 Å². The molecule has 0 aliphatic rings. The molecule has 0 atom stereocenters. The van der Waals surface area contributed by atoms with Gasteiger partial charge in [-0.25, -0.2) is 13.1 Å². The van der Waals surface area contributed by atoms with E-state index in [1.165, 1.54) is 13.0 Å². The van der Waals surface area contributed by atoms with Crippen molar-refractivity contribution in [1.82, 2.24) is 4.72 Å². The van der Waals surface area contributed by atoms with Gasteiger partial charge in [0.2, 0.25) is 15.9 Å². The number of unbranched alkanes of at least 4 members (excludes halogenated alkanes) is 1. The first-order valence-corrected chi connectivity index (χ1v) is 8.83. The Balaban J connectivity index is 0.00000441. The maximum absolute atomic E-state index is 12.3. The molecule has 0 aliphatic carbocycles. The van der Waals surface area contributed by atoms with Crippen molar-refractivity contribution >= 4 is 50.0 Å². The normalized spacial score (nSPS) is 10.9. The van der Waals surface area contributed by atoms with Crippen LogP contribution in [0.5, 0.6) is 0 Å². The van der Waals surface area contributed by atoms with Gasteiger partial charge in [0.25, 0.3) is 0 Å². The lowest BCUT2D eigenvalue weighted by molar-refractivity contribution is -0.114. The Morgan fingerprint density at radius 2 is 1.95 bits per heavy atom. The minimum Gasteiger partial charge on any atom is -0.330 e. The number of hydrogen-bond acceptors (Lipinski definition) is 4. The summed E-state index contributed by atoms with van der Waals surface area (Å²) in [6, 6.07) is 3.12. The number of hydrogen-bond donors (Lipinski definition) is 3. The van der Waals surface area contributed by atoms with E-state index in [9.17, 15) is 13.2 Å². The summed E-state index contributed by atoms with van der Waals surface area (Å²) in [5.74, 6) is -0.217. The second-order valence-electron chi connectivity index (χ2n) is 4.67. The number of anilines is 1. The molecule has 0 unspecified atom stereocenters. The fourth-order valence-corrected chi connectivity index (χ4v) is 3.71. The van der Waals surface area contributed by atoms with Crippen LogP contribution < -0.4 is 15.8 Å². The number of carbonyl (C=O) groups excluding carboxylic acids is 1. The summed E-state index contributed by atoms with van der Waals surface area (Å²) in [5.41, 5.74) is 6.48. The van der Waals surface area contributed by atoms with Crippen molar-refractivity contribution in [3.8, 4) is 0 Å². The van der Waals surface area contributed by atoms with Crippen molar-refractivity contribution in [2.24, 2.45) is 5.73 Å². The maximum atomic E-state index is 12.3. The summed E-state index contributed by atoms with van der Waals surface area (Å²) in [5, 5.41) is 2.64. The van der Waals surface area contributed by atoms with Crippen LogP contribution in [0.3, 0.4) is 0 Å². The van der Waals surface area contributed by atoms with Crippen molar-refractivity contribution in [3.63, 3.8) is 0 Å². The molecule has 1 amide bonds. The van der Waals surface area contributed by atoms with Crippen molar-refractivity contribution in [2.75, 3.05) is 18.4 Å². The fraction of sp³-hybridized carbons (Fsp3) is 0.462. The first-order chi connectivity index (χ1) is 9.77. The third-order valence-corrected chi connectivity index (χ3v) is 5.05. The average Bonchev–Trinajstić information content (AvgIpc) is 2.38. The first-order valence-electron chi connectivity index (χ1n) is 6.55. The quantitative estimate of drug-likeness (QED) is 0.595. The van der Waals surface area contributed by atoms with Gasteiger partial charge in [0, 0.05) is 17.9 Å². The van der Waals surface area contributed by atoms with E-state index in [0.29, 0.717) is 35.2 Å². The third-order valence-electron chi connectivity index (χ3n) is 2.79. The van der Waals surface area contributed by atoms with E-state index >= 15 is 0 Å². The molecule has 22 heavy (non-hydrogen) atoms. The molecule has 6 nitrogen and oxygen atoms in total. The van der Waals surface area contributed by atoms with Gasteiger partial charge in [-0.2, -0.15) is 0 Å². The molecule has 0 aromatic heterocycles. The summed E-state index contributed by atoms with van der Waals surface area (Å²) in [6.07, 6.45) is 1.46. The van der Waals surface area contributed by atoms with Crippen molar-refractivity contribution < 1.29 is 13.2 Å². The summed E-state index contributed by atoms with van der Waals surface area (Å²) in [6.45, 7) is 3.97. The van der Waals surface area contributed by atoms with Crippen LogP contribution in [0.4, 0.5) is 5.69 Å². The largest absolute Gasteiger partial charge is 0.330 e. The monoisotopic (exact) mass is 413 g/mol. The molecule has 0 bridgehead atoms. The number of aryl methyl sites for hydroxylation is 1. The van der Waals surface area contributed by atoms with Gasteiger partial charge in [0.15, 0.2) is 0 Å². The van der Waals surface area contributed by atoms with E-state index in [0.717, 1.165) is 6.42 Å². The van der Waals surface area contributed by atoms with Crippen molar-refractivity contribution in [1.29, 1.82) is 0 Å². The van der Waals surface area contributed by atoms with Crippen LogP contribution >= 0.6 is 28.3 Å². The number of amides is 1. The molecule has 9 heteroatoms. The van der Waals surface area contributed by atoms with Gasteiger partial charge >= 0.3 is 0 Å². The molecule has 0 saturated carbocycles.